The first-order valence-corrected chi connectivity index (χ1v) is 9.29. The minimum absolute atomic E-state index is 0. The van der Waals surface area contributed by atoms with E-state index in [1.54, 1.807) is 0 Å². The van der Waals surface area contributed by atoms with Crippen molar-refractivity contribution < 1.29 is 21.6 Å². The van der Waals surface area contributed by atoms with Gasteiger partial charge in [-0.2, -0.15) is 17.5 Å². The fourth-order valence-corrected chi connectivity index (χ4v) is 4.66. The summed E-state index contributed by atoms with van der Waals surface area (Å²) in [6.07, 6.45) is 0.550. The molecule has 1 fully saturated rings. The molecule has 0 amide bonds. The van der Waals surface area contributed by atoms with Crippen LogP contribution in [-0.2, 0) is 10.0 Å². The van der Waals surface area contributed by atoms with Crippen molar-refractivity contribution in [1.82, 2.24) is 4.31 Å². The zero-order valence-corrected chi connectivity index (χ0v) is 15.7. The number of halogens is 4. The maximum absolute atomic E-state index is 12.6. The van der Waals surface area contributed by atoms with Crippen molar-refractivity contribution in [2.24, 2.45) is 11.1 Å². The van der Waals surface area contributed by atoms with Crippen LogP contribution in [0.25, 0.3) is 0 Å². The van der Waals surface area contributed by atoms with Crippen molar-refractivity contribution >= 4 is 34.2 Å². The lowest BCUT2D eigenvalue weighted by Crippen LogP contribution is -2.53. The van der Waals surface area contributed by atoms with Crippen LogP contribution in [-0.4, -0.2) is 37.4 Å². The molecule has 1 atom stereocenters. The Morgan fingerprint density at radius 2 is 1.79 bits per heavy atom. The molecule has 1 aliphatic heterocycles. The molecular formula is C14H20ClF3N2O2S2. The molecule has 0 bridgehead atoms. The van der Waals surface area contributed by atoms with Gasteiger partial charge in [-0.15, -0.1) is 12.4 Å². The van der Waals surface area contributed by atoms with Crippen LogP contribution in [0.3, 0.4) is 0 Å². The lowest BCUT2D eigenvalue weighted by molar-refractivity contribution is -0.0328. The molecule has 10 heteroatoms. The van der Waals surface area contributed by atoms with Crippen molar-refractivity contribution in [2.75, 3.05) is 13.1 Å². The van der Waals surface area contributed by atoms with Gasteiger partial charge < -0.3 is 5.73 Å². The summed E-state index contributed by atoms with van der Waals surface area (Å²) in [7, 11) is -3.73. The van der Waals surface area contributed by atoms with Crippen LogP contribution in [0.4, 0.5) is 13.2 Å². The molecule has 1 heterocycles. The van der Waals surface area contributed by atoms with Crippen molar-refractivity contribution in [3.8, 4) is 0 Å². The van der Waals surface area contributed by atoms with Crippen molar-refractivity contribution in [1.29, 1.82) is 0 Å². The minimum Gasteiger partial charge on any atom is -0.327 e. The van der Waals surface area contributed by atoms with E-state index in [-0.39, 0.29) is 52.0 Å². The van der Waals surface area contributed by atoms with E-state index < -0.39 is 15.5 Å². The molecule has 1 aromatic carbocycles. The van der Waals surface area contributed by atoms with E-state index in [4.69, 9.17) is 5.73 Å². The minimum atomic E-state index is -4.40. The lowest BCUT2D eigenvalue weighted by Gasteiger charge is -2.41. The summed E-state index contributed by atoms with van der Waals surface area (Å²) in [5.74, 6) is 0. The first kappa shape index (κ1) is 21.6. The third-order valence-corrected chi connectivity index (χ3v) is 6.57. The van der Waals surface area contributed by atoms with E-state index in [9.17, 15) is 21.6 Å². The Labute approximate surface area is 150 Å². The molecule has 0 aliphatic carbocycles. The molecule has 4 nitrogen and oxygen atoms in total. The second-order valence-electron chi connectivity index (χ2n) is 6.24. The molecular weight excluding hydrogens is 385 g/mol. The number of rotatable bonds is 3. The van der Waals surface area contributed by atoms with Gasteiger partial charge in [0.15, 0.2) is 0 Å². The molecule has 0 aromatic heterocycles. The Kier molecular flexibility index (Phi) is 6.66. The third-order valence-electron chi connectivity index (χ3n) is 3.97. The van der Waals surface area contributed by atoms with E-state index in [0.717, 1.165) is 0 Å². The smallest absolute Gasteiger partial charge is 0.327 e. The van der Waals surface area contributed by atoms with Crippen molar-refractivity contribution in [3.05, 3.63) is 24.3 Å². The first-order chi connectivity index (χ1) is 10.4. The van der Waals surface area contributed by atoms with Crippen LogP contribution in [0, 0.1) is 5.41 Å². The summed E-state index contributed by atoms with van der Waals surface area (Å²) in [6.45, 7) is 4.41. The molecule has 2 rings (SSSR count). The van der Waals surface area contributed by atoms with E-state index >= 15 is 0 Å². The molecule has 0 spiro atoms. The third kappa shape index (κ3) is 5.01. The van der Waals surface area contributed by atoms with E-state index in [0.29, 0.717) is 13.0 Å². The molecule has 2 N–H and O–H groups in total. The topological polar surface area (TPSA) is 63.4 Å². The number of alkyl halides is 3. The van der Waals surface area contributed by atoms with Crippen LogP contribution >= 0.6 is 24.2 Å². The number of thioether (sulfide) groups is 1. The Morgan fingerprint density at radius 1 is 1.25 bits per heavy atom. The number of sulfonamides is 1. The normalized spacial score (nSPS) is 22.0. The fraction of sp³-hybridized carbons (Fsp3) is 0.571. The average Bonchev–Trinajstić information content (AvgIpc) is 2.40. The largest absolute Gasteiger partial charge is 0.446 e. The van der Waals surface area contributed by atoms with E-state index in [1.807, 2.05) is 13.8 Å². The van der Waals surface area contributed by atoms with Crippen LogP contribution in [0.15, 0.2) is 34.1 Å². The standard InChI is InChI=1S/C14H19F3N2O2S2.ClH/c1-13(2)9-19(8-7-12(13)18)23(20,21)11-5-3-10(4-6-11)22-14(15,16)17;/h3-6,12H,7-9,18H2,1-2H3;1H. The highest BCUT2D eigenvalue weighted by atomic mass is 35.5. The van der Waals surface area contributed by atoms with Crippen LogP contribution in [0.5, 0.6) is 0 Å². The van der Waals surface area contributed by atoms with Gasteiger partial charge in [0.2, 0.25) is 10.0 Å². The van der Waals surface area contributed by atoms with Crippen LogP contribution in [0.1, 0.15) is 20.3 Å². The monoisotopic (exact) mass is 404 g/mol. The zero-order valence-electron chi connectivity index (χ0n) is 13.2. The summed E-state index contributed by atoms with van der Waals surface area (Å²) in [4.78, 5) is -0.0484. The van der Waals surface area contributed by atoms with Gasteiger partial charge in [0.1, 0.15) is 0 Å². The van der Waals surface area contributed by atoms with Gasteiger partial charge >= 0.3 is 5.51 Å². The summed E-state index contributed by atoms with van der Waals surface area (Å²) >= 11 is -0.269. The Bertz CT molecular complexity index is 664. The molecule has 1 saturated heterocycles. The molecule has 0 saturated carbocycles. The number of benzene rings is 1. The van der Waals surface area contributed by atoms with Gasteiger partial charge in [-0.3, -0.25) is 0 Å². The predicted molar refractivity (Wildman–Crippen MR) is 90.7 cm³/mol. The van der Waals surface area contributed by atoms with Crippen LogP contribution in [0.2, 0.25) is 0 Å². The number of piperidine rings is 1. The van der Waals surface area contributed by atoms with Gasteiger partial charge in [0, 0.05) is 24.0 Å². The SMILES string of the molecule is CC1(C)CN(S(=O)(=O)c2ccc(SC(F)(F)F)cc2)CCC1N.Cl. The summed E-state index contributed by atoms with van der Waals surface area (Å²) in [6, 6.07) is 4.69. The van der Waals surface area contributed by atoms with E-state index in [2.05, 4.69) is 0 Å². The number of nitrogens with zero attached hydrogens (tertiary/aromatic N) is 1. The highest BCUT2D eigenvalue weighted by molar-refractivity contribution is 8.00. The molecule has 24 heavy (non-hydrogen) atoms. The van der Waals surface area contributed by atoms with Crippen molar-refractivity contribution in [3.63, 3.8) is 0 Å². The number of hydrogen-bond donors (Lipinski definition) is 1. The Balaban J connectivity index is 0.00000288. The Morgan fingerprint density at radius 3 is 2.25 bits per heavy atom. The van der Waals surface area contributed by atoms with Crippen LogP contribution < -0.4 is 5.73 Å². The zero-order chi connectivity index (χ0) is 17.5. The van der Waals surface area contributed by atoms with Crippen molar-refractivity contribution in [2.45, 2.75) is 41.6 Å². The summed E-state index contributed by atoms with van der Waals surface area (Å²) < 4.78 is 63.6. The quantitative estimate of drug-likeness (QED) is 0.783. The molecule has 138 valence electrons. The molecule has 1 unspecified atom stereocenters. The Hall–Kier alpha value is -0.480. The van der Waals surface area contributed by atoms with Gasteiger partial charge in [0.25, 0.3) is 0 Å². The van der Waals surface area contributed by atoms with Gasteiger partial charge in [-0.05, 0) is 47.9 Å². The molecule has 1 aliphatic rings. The van der Waals surface area contributed by atoms with Gasteiger partial charge in [0.05, 0.1) is 4.90 Å². The first-order valence-electron chi connectivity index (χ1n) is 7.03. The highest BCUT2D eigenvalue weighted by Gasteiger charge is 2.38. The average molecular weight is 405 g/mol. The molecule has 0 radical (unpaired) electrons. The predicted octanol–water partition coefficient (Wildman–Crippen LogP) is 3.47. The maximum atomic E-state index is 12.6. The number of nitrogens with two attached hydrogens (primary N) is 1. The van der Waals surface area contributed by atoms with Gasteiger partial charge in [-0.25, -0.2) is 8.42 Å². The summed E-state index contributed by atoms with van der Waals surface area (Å²) in [5, 5.41) is 0. The fourth-order valence-electron chi connectivity index (χ4n) is 2.49. The van der Waals surface area contributed by atoms with E-state index in [1.165, 1.54) is 28.6 Å². The molecule has 1 aromatic rings. The maximum Gasteiger partial charge on any atom is 0.446 e. The lowest BCUT2D eigenvalue weighted by atomic mass is 9.81. The second kappa shape index (κ2) is 7.41. The summed E-state index contributed by atoms with van der Waals surface area (Å²) in [5.41, 5.74) is 1.26. The number of hydrogen-bond acceptors (Lipinski definition) is 4. The second-order valence-corrected chi connectivity index (χ2v) is 9.32. The van der Waals surface area contributed by atoms with Gasteiger partial charge in [-0.1, -0.05) is 13.8 Å². The highest BCUT2D eigenvalue weighted by Crippen LogP contribution is 2.37.